The molecule has 1 aromatic rings. The van der Waals surface area contributed by atoms with E-state index in [9.17, 15) is 0 Å². The second kappa shape index (κ2) is 4.32. The number of halogens is 1. The summed E-state index contributed by atoms with van der Waals surface area (Å²) >= 11 is 0. The molecule has 0 amide bonds. The first-order valence-corrected chi connectivity index (χ1v) is 4.24. The molecular formula is C10H11ClN2O. The Morgan fingerprint density at radius 3 is 3.00 bits per heavy atom. The first kappa shape index (κ1) is 10.8. The fraction of sp³-hybridized carbons (Fsp3) is 0.300. The van der Waals surface area contributed by atoms with Crippen LogP contribution in [-0.4, -0.2) is 6.61 Å². The fourth-order valence-electron chi connectivity index (χ4n) is 1.54. The molecule has 4 heteroatoms. The van der Waals surface area contributed by atoms with Gasteiger partial charge in [-0.3, -0.25) is 0 Å². The number of benzene rings is 1. The van der Waals surface area contributed by atoms with E-state index in [0.29, 0.717) is 17.9 Å². The summed E-state index contributed by atoms with van der Waals surface area (Å²) in [7, 11) is 0. The van der Waals surface area contributed by atoms with Gasteiger partial charge in [0.05, 0.1) is 12.2 Å². The van der Waals surface area contributed by atoms with Crippen molar-refractivity contribution in [2.24, 2.45) is 5.73 Å². The minimum absolute atomic E-state index is 0. The van der Waals surface area contributed by atoms with E-state index in [2.05, 4.69) is 6.07 Å². The highest BCUT2D eigenvalue weighted by atomic mass is 35.5. The van der Waals surface area contributed by atoms with Crippen molar-refractivity contribution in [1.29, 1.82) is 5.26 Å². The van der Waals surface area contributed by atoms with E-state index in [1.807, 2.05) is 12.1 Å². The summed E-state index contributed by atoms with van der Waals surface area (Å²) in [4.78, 5) is 0. The lowest BCUT2D eigenvalue weighted by molar-refractivity contribution is 0.268. The van der Waals surface area contributed by atoms with E-state index >= 15 is 0 Å². The summed E-state index contributed by atoms with van der Waals surface area (Å²) in [5, 5.41) is 8.81. The molecule has 0 spiro atoms. The zero-order valence-electron chi connectivity index (χ0n) is 7.56. The Morgan fingerprint density at radius 2 is 2.29 bits per heavy atom. The maximum atomic E-state index is 8.81. The molecule has 0 bridgehead atoms. The number of nitriles is 1. The van der Waals surface area contributed by atoms with Crippen molar-refractivity contribution in [2.75, 3.05) is 6.61 Å². The molecule has 3 nitrogen and oxygen atoms in total. The Labute approximate surface area is 88.9 Å². The van der Waals surface area contributed by atoms with Gasteiger partial charge in [-0.2, -0.15) is 5.26 Å². The zero-order valence-corrected chi connectivity index (χ0v) is 8.38. The normalized spacial score (nSPS) is 18.4. The van der Waals surface area contributed by atoms with Crippen LogP contribution in [0.2, 0.25) is 0 Å². The van der Waals surface area contributed by atoms with Crippen molar-refractivity contribution in [1.82, 2.24) is 0 Å². The maximum Gasteiger partial charge on any atom is 0.141 e. The van der Waals surface area contributed by atoms with E-state index in [4.69, 9.17) is 15.7 Å². The molecule has 0 saturated carbocycles. The van der Waals surface area contributed by atoms with Gasteiger partial charge in [0.15, 0.2) is 0 Å². The van der Waals surface area contributed by atoms with Gasteiger partial charge >= 0.3 is 0 Å². The molecule has 14 heavy (non-hydrogen) atoms. The predicted octanol–water partition coefficient (Wildman–Crippen LogP) is 1.76. The van der Waals surface area contributed by atoms with E-state index in [0.717, 1.165) is 12.0 Å². The number of nitrogens with zero attached hydrogens (tertiary/aromatic N) is 1. The van der Waals surface area contributed by atoms with Crippen molar-refractivity contribution >= 4 is 12.4 Å². The monoisotopic (exact) mass is 210 g/mol. The van der Waals surface area contributed by atoms with Crippen LogP contribution in [0.3, 0.4) is 0 Å². The SMILES string of the molecule is Cl.N#Cc1cccc2c1OCC[C@@H]2N. The topological polar surface area (TPSA) is 59.0 Å². The molecule has 1 atom stereocenters. The summed E-state index contributed by atoms with van der Waals surface area (Å²) in [6.07, 6.45) is 0.821. The van der Waals surface area contributed by atoms with Crippen molar-refractivity contribution in [2.45, 2.75) is 12.5 Å². The van der Waals surface area contributed by atoms with Gasteiger partial charge in [0.2, 0.25) is 0 Å². The largest absolute Gasteiger partial charge is 0.492 e. The summed E-state index contributed by atoms with van der Waals surface area (Å²) in [5.41, 5.74) is 7.41. The molecule has 1 heterocycles. The number of ether oxygens (including phenoxy) is 1. The smallest absolute Gasteiger partial charge is 0.141 e. The Bertz CT molecular complexity index is 373. The predicted molar refractivity (Wildman–Crippen MR) is 55.4 cm³/mol. The lowest BCUT2D eigenvalue weighted by Gasteiger charge is -2.23. The van der Waals surface area contributed by atoms with E-state index in [-0.39, 0.29) is 18.4 Å². The van der Waals surface area contributed by atoms with Crippen LogP contribution in [-0.2, 0) is 0 Å². The molecule has 2 rings (SSSR count). The van der Waals surface area contributed by atoms with Gasteiger partial charge in [0.1, 0.15) is 11.8 Å². The maximum absolute atomic E-state index is 8.81. The standard InChI is InChI=1S/C10H10N2O.ClH/c11-6-7-2-1-3-8-9(12)4-5-13-10(7)8;/h1-3,9H,4-5,12H2;1H/t9-;/m0./s1. The number of nitrogens with two attached hydrogens (primary N) is 1. The molecule has 0 aromatic heterocycles. The molecule has 0 fully saturated rings. The van der Waals surface area contributed by atoms with Crippen molar-refractivity contribution in [3.8, 4) is 11.8 Å². The molecule has 1 aliphatic rings. The highest BCUT2D eigenvalue weighted by molar-refractivity contribution is 5.85. The van der Waals surface area contributed by atoms with E-state index < -0.39 is 0 Å². The molecule has 0 aliphatic carbocycles. The van der Waals surface area contributed by atoms with Crippen LogP contribution in [0.4, 0.5) is 0 Å². The Hall–Kier alpha value is -1.24. The summed E-state index contributed by atoms with van der Waals surface area (Å²) in [6, 6.07) is 7.61. The zero-order chi connectivity index (χ0) is 9.26. The first-order chi connectivity index (χ1) is 6.33. The Balaban J connectivity index is 0.000000980. The quantitative estimate of drug-likeness (QED) is 0.710. The molecule has 1 aromatic carbocycles. The summed E-state index contributed by atoms with van der Waals surface area (Å²) in [5.74, 6) is 0.670. The summed E-state index contributed by atoms with van der Waals surface area (Å²) in [6.45, 7) is 0.604. The lowest BCUT2D eigenvalue weighted by atomic mass is 9.99. The number of fused-ring (bicyclic) bond motifs is 1. The average molecular weight is 211 g/mol. The number of rotatable bonds is 0. The molecule has 1 aliphatic heterocycles. The van der Waals surface area contributed by atoms with Crippen LogP contribution in [0.1, 0.15) is 23.6 Å². The third kappa shape index (κ3) is 1.67. The van der Waals surface area contributed by atoms with Crippen molar-refractivity contribution in [3.05, 3.63) is 29.3 Å². The second-order valence-electron chi connectivity index (χ2n) is 3.08. The number of para-hydroxylation sites is 1. The van der Waals surface area contributed by atoms with Gasteiger partial charge in [-0.05, 0) is 6.07 Å². The minimum atomic E-state index is 0. The van der Waals surface area contributed by atoms with E-state index in [1.165, 1.54) is 0 Å². The van der Waals surface area contributed by atoms with Crippen molar-refractivity contribution in [3.63, 3.8) is 0 Å². The van der Waals surface area contributed by atoms with Crippen molar-refractivity contribution < 1.29 is 4.74 Å². The number of hydrogen-bond acceptors (Lipinski definition) is 3. The van der Waals surface area contributed by atoms with Gasteiger partial charge < -0.3 is 10.5 Å². The van der Waals surface area contributed by atoms with Gasteiger partial charge in [-0.25, -0.2) is 0 Å². The molecule has 0 saturated heterocycles. The fourth-order valence-corrected chi connectivity index (χ4v) is 1.54. The van der Waals surface area contributed by atoms with Gasteiger partial charge in [-0.15, -0.1) is 12.4 Å². The van der Waals surface area contributed by atoms with Gasteiger partial charge in [0, 0.05) is 18.0 Å². The second-order valence-corrected chi connectivity index (χ2v) is 3.08. The van der Waals surface area contributed by atoms with Gasteiger partial charge in [-0.1, -0.05) is 12.1 Å². The first-order valence-electron chi connectivity index (χ1n) is 4.24. The van der Waals surface area contributed by atoms with Crippen LogP contribution in [0, 0.1) is 11.3 Å². The third-order valence-corrected chi connectivity index (χ3v) is 2.24. The van der Waals surface area contributed by atoms with Crippen LogP contribution in [0.5, 0.6) is 5.75 Å². The Morgan fingerprint density at radius 1 is 1.50 bits per heavy atom. The van der Waals surface area contributed by atoms with Crippen LogP contribution >= 0.6 is 12.4 Å². The molecule has 0 radical (unpaired) electrons. The molecule has 2 N–H and O–H groups in total. The Kier molecular flexibility index (Phi) is 3.34. The summed E-state index contributed by atoms with van der Waals surface area (Å²) < 4.78 is 5.41. The number of hydrogen-bond donors (Lipinski definition) is 1. The lowest BCUT2D eigenvalue weighted by Crippen LogP contribution is -2.21. The highest BCUT2D eigenvalue weighted by Gasteiger charge is 2.20. The molecule has 74 valence electrons. The van der Waals surface area contributed by atoms with Crippen LogP contribution < -0.4 is 10.5 Å². The highest BCUT2D eigenvalue weighted by Crippen LogP contribution is 2.32. The molecule has 0 unspecified atom stereocenters. The third-order valence-electron chi connectivity index (χ3n) is 2.24. The van der Waals surface area contributed by atoms with E-state index in [1.54, 1.807) is 6.07 Å². The van der Waals surface area contributed by atoms with Crippen LogP contribution in [0.25, 0.3) is 0 Å². The van der Waals surface area contributed by atoms with Gasteiger partial charge in [0.25, 0.3) is 0 Å². The average Bonchev–Trinajstić information content (AvgIpc) is 2.18. The minimum Gasteiger partial charge on any atom is -0.492 e. The molecular weight excluding hydrogens is 200 g/mol. The van der Waals surface area contributed by atoms with Crippen LogP contribution in [0.15, 0.2) is 18.2 Å².